The fourth-order valence-electron chi connectivity index (χ4n) is 3.17. The van der Waals surface area contributed by atoms with Crippen LogP contribution in [0.3, 0.4) is 0 Å². The van der Waals surface area contributed by atoms with E-state index in [4.69, 9.17) is 4.74 Å². The molecule has 152 valence electrons. The molecule has 0 atom stereocenters. The van der Waals surface area contributed by atoms with Crippen LogP contribution in [0.2, 0.25) is 0 Å². The monoisotopic (exact) mass is 414 g/mol. The summed E-state index contributed by atoms with van der Waals surface area (Å²) in [5.41, 5.74) is 0.659. The van der Waals surface area contributed by atoms with E-state index in [1.54, 1.807) is 24.3 Å². The van der Waals surface area contributed by atoms with Gasteiger partial charge in [-0.2, -0.15) is 0 Å². The Morgan fingerprint density at radius 1 is 1.21 bits per heavy atom. The maximum atomic E-state index is 13.4. The number of aromatic nitrogens is 2. The first kappa shape index (κ1) is 20.7. The number of pyridine rings is 2. The van der Waals surface area contributed by atoms with E-state index < -0.39 is 15.8 Å². The van der Waals surface area contributed by atoms with Gasteiger partial charge < -0.3 is 4.74 Å². The molecule has 2 heterocycles. The van der Waals surface area contributed by atoms with Gasteiger partial charge in [-0.05, 0) is 43.2 Å². The van der Waals surface area contributed by atoms with Gasteiger partial charge in [0.05, 0.1) is 21.5 Å². The first-order valence-electron chi connectivity index (χ1n) is 9.25. The Hall–Kier alpha value is -3.00. The van der Waals surface area contributed by atoms with Crippen LogP contribution in [0.4, 0.5) is 0 Å². The molecule has 1 aromatic carbocycles. The van der Waals surface area contributed by atoms with E-state index in [9.17, 15) is 18.0 Å². The number of nitrogens with zero attached hydrogens (tertiary/aromatic N) is 2. The Labute approximate surface area is 168 Å². The molecule has 3 rings (SSSR count). The van der Waals surface area contributed by atoms with E-state index in [2.05, 4.69) is 4.98 Å². The molecule has 0 bridgehead atoms. The number of rotatable bonds is 6. The summed E-state index contributed by atoms with van der Waals surface area (Å²) < 4.78 is 30.8. The number of unbranched alkanes of at least 4 members (excludes halogenated alkanes) is 1. The molecule has 0 amide bonds. The van der Waals surface area contributed by atoms with Gasteiger partial charge >= 0.3 is 5.97 Å². The Balaban J connectivity index is 2.41. The van der Waals surface area contributed by atoms with E-state index in [1.165, 1.54) is 29.8 Å². The predicted molar refractivity (Wildman–Crippen MR) is 110 cm³/mol. The molecule has 7 nitrogen and oxygen atoms in total. The molecule has 0 saturated carbocycles. The molecule has 0 spiro atoms. The predicted octanol–water partition coefficient (Wildman–Crippen LogP) is 3.06. The Morgan fingerprint density at radius 2 is 1.97 bits per heavy atom. The first-order valence-corrected chi connectivity index (χ1v) is 11.1. The minimum absolute atomic E-state index is 0.102. The Morgan fingerprint density at radius 3 is 2.62 bits per heavy atom. The number of carbonyl (C=O) groups is 1. The fraction of sp³-hybridized carbons (Fsp3) is 0.286. The van der Waals surface area contributed by atoms with Gasteiger partial charge in [-0.1, -0.05) is 19.4 Å². The maximum absolute atomic E-state index is 13.4. The molecule has 0 fully saturated rings. The quantitative estimate of drug-likeness (QED) is 0.575. The van der Waals surface area contributed by atoms with Gasteiger partial charge in [-0.15, -0.1) is 0 Å². The highest BCUT2D eigenvalue weighted by Gasteiger charge is 2.21. The fourth-order valence-corrected chi connectivity index (χ4v) is 3.83. The van der Waals surface area contributed by atoms with E-state index in [-0.39, 0.29) is 16.2 Å². The van der Waals surface area contributed by atoms with Gasteiger partial charge in [-0.25, -0.2) is 13.4 Å². The van der Waals surface area contributed by atoms with Gasteiger partial charge in [-0.3, -0.25) is 14.2 Å². The summed E-state index contributed by atoms with van der Waals surface area (Å²) in [5.74, 6) is -0.307. The smallest absolute Gasteiger partial charge is 0.308 e. The zero-order valence-corrected chi connectivity index (χ0v) is 17.3. The van der Waals surface area contributed by atoms with Crippen molar-refractivity contribution in [3.8, 4) is 11.4 Å². The number of esters is 1. The second kappa shape index (κ2) is 8.16. The Kier molecular flexibility index (Phi) is 5.83. The van der Waals surface area contributed by atoms with Crippen molar-refractivity contribution in [2.45, 2.75) is 38.0 Å². The molecule has 0 aliphatic heterocycles. The minimum atomic E-state index is -3.45. The summed E-state index contributed by atoms with van der Waals surface area (Å²) in [5, 5.41) is 0.512. The molecule has 0 aliphatic carbocycles. The number of fused-ring (bicyclic) bond motifs is 1. The van der Waals surface area contributed by atoms with Crippen LogP contribution in [0.5, 0.6) is 5.75 Å². The third-order valence-electron chi connectivity index (χ3n) is 4.51. The lowest BCUT2D eigenvalue weighted by Gasteiger charge is -2.17. The lowest BCUT2D eigenvalue weighted by Crippen LogP contribution is -2.25. The van der Waals surface area contributed by atoms with Crippen molar-refractivity contribution in [2.75, 3.05) is 6.26 Å². The van der Waals surface area contributed by atoms with Crippen LogP contribution in [0.1, 0.15) is 32.3 Å². The summed E-state index contributed by atoms with van der Waals surface area (Å²) in [4.78, 5) is 29.5. The topological polar surface area (TPSA) is 95.3 Å². The van der Waals surface area contributed by atoms with Crippen molar-refractivity contribution in [3.63, 3.8) is 0 Å². The molecular formula is C21H22N2O5S. The highest BCUT2D eigenvalue weighted by Crippen LogP contribution is 2.29. The van der Waals surface area contributed by atoms with E-state index >= 15 is 0 Å². The van der Waals surface area contributed by atoms with E-state index in [0.29, 0.717) is 28.7 Å². The zero-order chi connectivity index (χ0) is 21.2. The van der Waals surface area contributed by atoms with Crippen LogP contribution in [0.25, 0.3) is 16.7 Å². The standard InChI is InChI=1S/C21H22N2O5S/c1-4-5-10-18-19(28-14(2)24)17-11-7-12-22-20(17)23(21(18)25)15-8-6-9-16(13-15)29(3,26)27/h6-9,11-13H,4-5,10H2,1-3H3. The van der Waals surface area contributed by atoms with Crippen molar-refractivity contribution >= 4 is 26.8 Å². The number of sulfone groups is 1. The largest absolute Gasteiger partial charge is 0.425 e. The molecule has 29 heavy (non-hydrogen) atoms. The average molecular weight is 414 g/mol. The van der Waals surface area contributed by atoms with Gasteiger partial charge in [0.15, 0.2) is 21.2 Å². The molecule has 0 unspecified atom stereocenters. The van der Waals surface area contributed by atoms with Crippen molar-refractivity contribution in [1.82, 2.24) is 9.55 Å². The van der Waals surface area contributed by atoms with Gasteiger partial charge in [0.25, 0.3) is 5.56 Å². The van der Waals surface area contributed by atoms with E-state index in [0.717, 1.165) is 19.1 Å². The van der Waals surface area contributed by atoms with Crippen molar-refractivity contribution in [3.05, 3.63) is 58.5 Å². The Bertz CT molecular complexity index is 1250. The number of benzene rings is 1. The normalized spacial score (nSPS) is 11.6. The van der Waals surface area contributed by atoms with Crippen LogP contribution in [-0.2, 0) is 21.1 Å². The number of ether oxygens (including phenoxy) is 1. The highest BCUT2D eigenvalue weighted by atomic mass is 32.2. The number of carbonyl (C=O) groups excluding carboxylic acids is 1. The lowest BCUT2D eigenvalue weighted by molar-refractivity contribution is -0.131. The molecular weight excluding hydrogens is 392 g/mol. The van der Waals surface area contributed by atoms with Crippen LogP contribution >= 0.6 is 0 Å². The molecule has 3 aromatic rings. The van der Waals surface area contributed by atoms with E-state index in [1.807, 2.05) is 6.92 Å². The van der Waals surface area contributed by atoms with Gasteiger partial charge in [0.2, 0.25) is 0 Å². The minimum Gasteiger partial charge on any atom is -0.425 e. The summed E-state index contributed by atoms with van der Waals surface area (Å²) >= 11 is 0. The second-order valence-corrected chi connectivity index (χ2v) is 8.81. The average Bonchev–Trinajstić information content (AvgIpc) is 2.67. The molecule has 0 radical (unpaired) electrons. The lowest BCUT2D eigenvalue weighted by atomic mass is 10.1. The zero-order valence-electron chi connectivity index (χ0n) is 16.5. The second-order valence-electron chi connectivity index (χ2n) is 6.79. The highest BCUT2D eigenvalue weighted by molar-refractivity contribution is 7.90. The summed E-state index contributed by atoms with van der Waals surface area (Å²) in [6.45, 7) is 3.29. The van der Waals surface area contributed by atoms with Crippen LogP contribution < -0.4 is 10.3 Å². The summed E-state index contributed by atoms with van der Waals surface area (Å²) in [6.07, 6.45) is 4.66. The summed E-state index contributed by atoms with van der Waals surface area (Å²) in [6, 6.07) is 9.58. The van der Waals surface area contributed by atoms with Gasteiger partial charge in [0.1, 0.15) is 0 Å². The van der Waals surface area contributed by atoms with Crippen LogP contribution in [0.15, 0.2) is 52.3 Å². The molecule has 8 heteroatoms. The number of hydrogen-bond donors (Lipinski definition) is 0. The third kappa shape index (κ3) is 4.22. The number of hydrogen-bond acceptors (Lipinski definition) is 6. The van der Waals surface area contributed by atoms with Crippen molar-refractivity contribution in [2.24, 2.45) is 0 Å². The van der Waals surface area contributed by atoms with Crippen LogP contribution in [0, 0.1) is 0 Å². The SMILES string of the molecule is CCCCc1c(OC(C)=O)c2cccnc2n(-c2cccc(S(C)(=O)=O)c2)c1=O. The van der Waals surface area contributed by atoms with Gasteiger partial charge in [0, 0.05) is 19.4 Å². The molecule has 0 saturated heterocycles. The molecule has 0 N–H and O–H groups in total. The molecule has 0 aliphatic rings. The van der Waals surface area contributed by atoms with Crippen LogP contribution in [-0.4, -0.2) is 30.2 Å². The van der Waals surface area contributed by atoms with Crippen molar-refractivity contribution in [1.29, 1.82) is 0 Å². The maximum Gasteiger partial charge on any atom is 0.308 e. The molecule has 2 aromatic heterocycles. The summed E-state index contributed by atoms with van der Waals surface area (Å²) in [7, 11) is -3.45. The first-order chi connectivity index (χ1) is 13.7. The van der Waals surface area contributed by atoms with Crippen molar-refractivity contribution < 1.29 is 17.9 Å². The third-order valence-corrected chi connectivity index (χ3v) is 5.62.